The van der Waals surface area contributed by atoms with Crippen molar-refractivity contribution in [1.82, 2.24) is 14.7 Å². The molecule has 7 nitrogen and oxygen atoms in total. The van der Waals surface area contributed by atoms with Crippen LogP contribution in [0.3, 0.4) is 0 Å². The first kappa shape index (κ1) is 17.5. The van der Waals surface area contributed by atoms with E-state index in [0.717, 1.165) is 16.7 Å². The number of hydrogen-bond acceptors (Lipinski definition) is 4. The van der Waals surface area contributed by atoms with E-state index in [2.05, 4.69) is 10.3 Å². The lowest BCUT2D eigenvalue weighted by Crippen LogP contribution is -2.22. The van der Waals surface area contributed by atoms with E-state index < -0.39 is 35.0 Å². The second kappa shape index (κ2) is 6.21. The molecule has 0 spiro atoms. The van der Waals surface area contributed by atoms with Crippen LogP contribution in [-0.2, 0) is 17.5 Å². The van der Waals surface area contributed by atoms with E-state index in [1.807, 2.05) is 0 Å². The van der Waals surface area contributed by atoms with E-state index in [1.165, 1.54) is 25.5 Å². The van der Waals surface area contributed by atoms with Crippen molar-refractivity contribution >= 4 is 17.5 Å². The number of furan rings is 1. The maximum absolute atomic E-state index is 13.5. The van der Waals surface area contributed by atoms with E-state index in [1.54, 1.807) is 0 Å². The highest BCUT2D eigenvalue weighted by molar-refractivity contribution is 5.87. The van der Waals surface area contributed by atoms with Crippen molar-refractivity contribution in [2.75, 3.05) is 0 Å². The summed E-state index contributed by atoms with van der Waals surface area (Å²) in [6.07, 6.45) is -1.21. The number of imidazole rings is 1. The summed E-state index contributed by atoms with van der Waals surface area (Å²) < 4.78 is 46.5. The summed E-state index contributed by atoms with van der Waals surface area (Å²) in [4.78, 5) is 26.0. The van der Waals surface area contributed by atoms with Crippen LogP contribution in [0.25, 0.3) is 16.8 Å². The zero-order valence-corrected chi connectivity index (χ0v) is 13.3. The number of fused-ring (bicyclic) bond motifs is 1. The number of halogens is 3. The van der Waals surface area contributed by atoms with Gasteiger partial charge in [0.25, 0.3) is 0 Å². The Labute approximate surface area is 144 Å². The normalized spacial score (nSPS) is 11.7. The number of alkyl halides is 3. The van der Waals surface area contributed by atoms with Gasteiger partial charge in [0.15, 0.2) is 5.69 Å². The molecule has 3 aromatic heterocycles. The number of amides is 1. The van der Waals surface area contributed by atoms with Crippen LogP contribution in [0, 0.1) is 0 Å². The van der Waals surface area contributed by atoms with Crippen LogP contribution in [0.15, 0.2) is 35.3 Å². The van der Waals surface area contributed by atoms with Crippen LogP contribution >= 0.6 is 0 Å². The molecule has 0 saturated carbocycles. The van der Waals surface area contributed by atoms with Gasteiger partial charge in [-0.2, -0.15) is 13.2 Å². The number of hydrogen-bond donors (Lipinski definition) is 2. The highest BCUT2D eigenvalue weighted by atomic mass is 19.4. The number of aromatic carboxylic acids is 1. The zero-order chi connectivity index (χ0) is 19.1. The molecule has 3 heterocycles. The number of rotatable bonds is 4. The van der Waals surface area contributed by atoms with Gasteiger partial charge in [0.2, 0.25) is 5.91 Å². The molecule has 3 aromatic rings. The Balaban J connectivity index is 2.37. The minimum Gasteiger partial charge on any atom is -0.476 e. The zero-order valence-electron chi connectivity index (χ0n) is 13.3. The Kier molecular flexibility index (Phi) is 4.18. The largest absolute Gasteiger partial charge is 0.476 e. The number of carbonyl (C=O) groups excluding carboxylic acids is 1. The molecule has 0 aliphatic heterocycles. The third-order valence-electron chi connectivity index (χ3n) is 3.70. The van der Waals surface area contributed by atoms with Crippen LogP contribution in [-0.4, -0.2) is 26.4 Å². The van der Waals surface area contributed by atoms with E-state index in [0.29, 0.717) is 5.56 Å². The molecule has 0 aliphatic rings. The molecule has 0 saturated heterocycles. The van der Waals surface area contributed by atoms with Crippen LogP contribution in [0.4, 0.5) is 13.2 Å². The first-order chi connectivity index (χ1) is 12.2. The van der Waals surface area contributed by atoms with Gasteiger partial charge in [0, 0.05) is 24.2 Å². The van der Waals surface area contributed by atoms with Crippen molar-refractivity contribution in [1.29, 1.82) is 0 Å². The molecule has 26 heavy (non-hydrogen) atoms. The molecule has 2 N–H and O–H groups in total. The fourth-order valence-corrected chi connectivity index (χ4v) is 2.57. The quantitative estimate of drug-likeness (QED) is 0.739. The SMILES string of the molecule is CC(=O)NCc1c(-c2ccoc2)cc(C(F)(F)F)c2nc(C(=O)O)cn12. The first-order valence-corrected chi connectivity index (χ1v) is 7.31. The maximum Gasteiger partial charge on any atom is 0.420 e. The van der Waals surface area contributed by atoms with Gasteiger partial charge < -0.3 is 19.2 Å². The third kappa shape index (κ3) is 3.13. The molecule has 0 fully saturated rings. The van der Waals surface area contributed by atoms with Crippen molar-refractivity contribution in [3.63, 3.8) is 0 Å². The van der Waals surface area contributed by atoms with Crippen molar-refractivity contribution in [2.24, 2.45) is 0 Å². The molecule has 0 aliphatic carbocycles. The summed E-state index contributed by atoms with van der Waals surface area (Å²) in [6, 6.07) is 2.34. The molecule has 0 atom stereocenters. The summed E-state index contributed by atoms with van der Waals surface area (Å²) >= 11 is 0. The Morgan fingerprint density at radius 3 is 2.65 bits per heavy atom. The van der Waals surface area contributed by atoms with Gasteiger partial charge >= 0.3 is 12.1 Å². The number of carbonyl (C=O) groups is 2. The van der Waals surface area contributed by atoms with Crippen molar-refractivity contribution in [3.05, 3.63) is 47.8 Å². The standard InChI is InChI=1S/C16H12F3N3O4/c1-8(23)20-5-13-10(9-2-3-26-7-9)4-11(16(17,18)19)14-21-12(15(24)25)6-22(13)14/h2-4,6-7H,5H2,1H3,(H,20,23)(H,24,25). The van der Waals surface area contributed by atoms with Crippen LogP contribution in [0.1, 0.15) is 28.7 Å². The van der Waals surface area contributed by atoms with Crippen molar-refractivity contribution in [3.8, 4) is 11.1 Å². The monoisotopic (exact) mass is 367 g/mol. The number of aromatic nitrogens is 2. The van der Waals surface area contributed by atoms with E-state index in [9.17, 15) is 22.8 Å². The second-order valence-electron chi connectivity index (χ2n) is 5.46. The summed E-state index contributed by atoms with van der Waals surface area (Å²) in [6.45, 7) is 1.13. The van der Waals surface area contributed by atoms with Gasteiger partial charge in [-0.3, -0.25) is 4.79 Å². The van der Waals surface area contributed by atoms with Crippen LogP contribution < -0.4 is 5.32 Å². The fourth-order valence-electron chi connectivity index (χ4n) is 2.57. The number of pyridine rings is 1. The summed E-state index contributed by atoms with van der Waals surface area (Å²) in [5.41, 5.74) is -1.45. The van der Waals surface area contributed by atoms with Gasteiger partial charge in [0.1, 0.15) is 5.65 Å². The molecule has 0 unspecified atom stereocenters. The number of nitrogens with one attached hydrogen (secondary N) is 1. The Morgan fingerprint density at radius 2 is 2.12 bits per heavy atom. The lowest BCUT2D eigenvalue weighted by atomic mass is 10.0. The average Bonchev–Trinajstić information content (AvgIpc) is 3.19. The van der Waals surface area contributed by atoms with Gasteiger partial charge in [-0.15, -0.1) is 0 Å². The molecule has 1 amide bonds. The molecular weight excluding hydrogens is 355 g/mol. The Bertz CT molecular complexity index is 990. The molecule has 0 bridgehead atoms. The summed E-state index contributed by atoms with van der Waals surface area (Å²) in [5.74, 6) is -1.85. The van der Waals surface area contributed by atoms with Crippen molar-refractivity contribution < 1.29 is 32.3 Å². The fraction of sp³-hybridized carbons (Fsp3) is 0.188. The van der Waals surface area contributed by atoms with Gasteiger partial charge in [0.05, 0.1) is 30.3 Å². The Hall–Kier alpha value is -3.30. The molecule has 10 heteroatoms. The molecule has 136 valence electrons. The van der Waals surface area contributed by atoms with Crippen LogP contribution in [0.2, 0.25) is 0 Å². The van der Waals surface area contributed by atoms with E-state index in [-0.39, 0.29) is 17.8 Å². The summed E-state index contributed by atoms with van der Waals surface area (Å²) in [7, 11) is 0. The topological polar surface area (TPSA) is 96.8 Å². The molecule has 0 aromatic carbocycles. The highest BCUT2D eigenvalue weighted by Crippen LogP contribution is 2.37. The number of carboxylic acid groups (broad SMARTS) is 1. The second-order valence-corrected chi connectivity index (χ2v) is 5.46. The number of nitrogens with zero attached hydrogens (tertiary/aromatic N) is 2. The maximum atomic E-state index is 13.5. The Morgan fingerprint density at radius 1 is 1.38 bits per heavy atom. The lowest BCUT2D eigenvalue weighted by molar-refractivity contribution is -0.136. The van der Waals surface area contributed by atoms with Crippen molar-refractivity contribution in [2.45, 2.75) is 19.6 Å². The minimum atomic E-state index is -4.76. The predicted octanol–water partition coefficient (Wildman–Crippen LogP) is 2.95. The molecule has 3 rings (SSSR count). The van der Waals surface area contributed by atoms with Crippen LogP contribution in [0.5, 0.6) is 0 Å². The molecule has 0 radical (unpaired) electrons. The van der Waals surface area contributed by atoms with Gasteiger partial charge in [-0.25, -0.2) is 9.78 Å². The predicted molar refractivity (Wildman–Crippen MR) is 82.4 cm³/mol. The first-order valence-electron chi connectivity index (χ1n) is 7.31. The minimum absolute atomic E-state index is 0.125. The van der Waals surface area contributed by atoms with E-state index in [4.69, 9.17) is 9.52 Å². The van der Waals surface area contributed by atoms with Gasteiger partial charge in [-0.1, -0.05) is 0 Å². The third-order valence-corrected chi connectivity index (χ3v) is 3.70. The molecular formula is C16H12F3N3O4. The van der Waals surface area contributed by atoms with Gasteiger partial charge in [-0.05, 0) is 12.1 Å². The average molecular weight is 367 g/mol. The summed E-state index contributed by atoms with van der Waals surface area (Å²) in [5, 5.41) is 11.6. The lowest BCUT2D eigenvalue weighted by Gasteiger charge is -2.16. The van der Waals surface area contributed by atoms with E-state index >= 15 is 0 Å². The smallest absolute Gasteiger partial charge is 0.420 e. The highest BCUT2D eigenvalue weighted by Gasteiger charge is 2.36. The number of carboxylic acids is 1.